The second-order valence-corrected chi connectivity index (χ2v) is 7.31. The fourth-order valence-electron chi connectivity index (χ4n) is 2.72. The summed E-state index contributed by atoms with van der Waals surface area (Å²) in [7, 11) is 1.69. The SMILES string of the molecule is CC(NC(=O)c1cc(NC(=O)C2(C)CC2)cc(C(F)(F)F)c1)c1nncn1C. The summed E-state index contributed by atoms with van der Waals surface area (Å²) in [6.45, 7) is 3.39. The number of rotatable bonds is 5. The van der Waals surface area contributed by atoms with Gasteiger partial charge in [-0.25, -0.2) is 0 Å². The van der Waals surface area contributed by atoms with E-state index in [0.717, 1.165) is 12.1 Å². The number of alkyl halides is 3. The highest BCUT2D eigenvalue weighted by atomic mass is 19.4. The number of nitrogens with one attached hydrogen (secondary N) is 2. The summed E-state index contributed by atoms with van der Waals surface area (Å²) in [5, 5.41) is 12.7. The number of carbonyl (C=O) groups is 2. The third-order valence-corrected chi connectivity index (χ3v) is 4.81. The van der Waals surface area contributed by atoms with Crippen LogP contribution in [-0.2, 0) is 18.0 Å². The van der Waals surface area contributed by atoms with E-state index in [4.69, 9.17) is 0 Å². The molecule has 1 aliphatic rings. The van der Waals surface area contributed by atoms with Crippen LogP contribution >= 0.6 is 0 Å². The van der Waals surface area contributed by atoms with Gasteiger partial charge in [-0.1, -0.05) is 6.92 Å². The van der Waals surface area contributed by atoms with Crippen molar-refractivity contribution in [1.29, 1.82) is 0 Å². The zero-order valence-electron chi connectivity index (χ0n) is 15.6. The first-order valence-electron chi connectivity index (χ1n) is 8.68. The zero-order chi connectivity index (χ0) is 20.7. The first-order chi connectivity index (χ1) is 13.0. The first kappa shape index (κ1) is 19.8. The normalized spacial score (nSPS) is 16.4. The number of halogens is 3. The molecule has 10 heteroatoms. The molecule has 1 aliphatic carbocycles. The summed E-state index contributed by atoms with van der Waals surface area (Å²) in [6, 6.07) is 2.25. The summed E-state index contributed by atoms with van der Waals surface area (Å²) in [5.74, 6) is -0.615. The lowest BCUT2D eigenvalue weighted by atomic mass is 10.1. The molecule has 1 unspecified atom stereocenters. The van der Waals surface area contributed by atoms with Gasteiger partial charge in [-0.15, -0.1) is 10.2 Å². The Morgan fingerprint density at radius 1 is 1.25 bits per heavy atom. The van der Waals surface area contributed by atoms with Crippen molar-refractivity contribution in [2.45, 2.75) is 38.9 Å². The fraction of sp³-hybridized carbons (Fsp3) is 0.444. The summed E-state index contributed by atoms with van der Waals surface area (Å²) < 4.78 is 41.4. The van der Waals surface area contributed by atoms with E-state index in [1.807, 2.05) is 0 Å². The molecule has 0 spiro atoms. The average molecular weight is 395 g/mol. The minimum atomic E-state index is -4.66. The lowest BCUT2D eigenvalue weighted by Gasteiger charge is -2.16. The highest BCUT2D eigenvalue weighted by Gasteiger charge is 2.45. The number of hydrogen-bond acceptors (Lipinski definition) is 4. The average Bonchev–Trinajstić information content (AvgIpc) is 3.21. The predicted molar refractivity (Wildman–Crippen MR) is 94.3 cm³/mol. The van der Waals surface area contributed by atoms with Crippen LogP contribution in [0.4, 0.5) is 18.9 Å². The number of aromatic nitrogens is 3. The van der Waals surface area contributed by atoms with Gasteiger partial charge in [-0.05, 0) is 38.0 Å². The third kappa shape index (κ3) is 4.15. The molecule has 7 nitrogen and oxygen atoms in total. The van der Waals surface area contributed by atoms with Gasteiger partial charge in [0.1, 0.15) is 6.33 Å². The van der Waals surface area contributed by atoms with Crippen LogP contribution < -0.4 is 10.6 Å². The van der Waals surface area contributed by atoms with Crippen LogP contribution in [0.2, 0.25) is 0 Å². The van der Waals surface area contributed by atoms with Gasteiger partial charge in [0.15, 0.2) is 5.82 Å². The Bertz CT molecular complexity index is 918. The zero-order valence-corrected chi connectivity index (χ0v) is 15.6. The van der Waals surface area contributed by atoms with Gasteiger partial charge in [0.05, 0.1) is 11.6 Å². The molecule has 1 fully saturated rings. The monoisotopic (exact) mass is 395 g/mol. The molecule has 0 radical (unpaired) electrons. The topological polar surface area (TPSA) is 88.9 Å². The van der Waals surface area contributed by atoms with Crippen molar-refractivity contribution in [3.8, 4) is 0 Å². The third-order valence-electron chi connectivity index (χ3n) is 4.81. The second kappa shape index (κ2) is 6.92. The van der Waals surface area contributed by atoms with Crippen LogP contribution in [0.5, 0.6) is 0 Å². The highest BCUT2D eigenvalue weighted by Crippen LogP contribution is 2.46. The van der Waals surface area contributed by atoms with E-state index < -0.39 is 29.1 Å². The number of anilines is 1. The quantitative estimate of drug-likeness (QED) is 0.814. The Balaban J connectivity index is 1.86. The van der Waals surface area contributed by atoms with Crippen LogP contribution in [-0.4, -0.2) is 26.6 Å². The molecule has 3 rings (SSSR count). The maximum atomic E-state index is 13.3. The number of benzene rings is 1. The van der Waals surface area contributed by atoms with Gasteiger partial charge >= 0.3 is 6.18 Å². The number of amides is 2. The van der Waals surface area contributed by atoms with Crippen molar-refractivity contribution in [2.24, 2.45) is 12.5 Å². The van der Waals surface area contributed by atoms with Crippen LogP contribution in [0, 0.1) is 5.41 Å². The molecular formula is C18H20F3N5O2. The lowest BCUT2D eigenvalue weighted by Crippen LogP contribution is -2.29. The molecule has 1 heterocycles. The van der Waals surface area contributed by atoms with Crippen molar-refractivity contribution in [3.63, 3.8) is 0 Å². The molecule has 2 aromatic rings. The molecule has 2 amide bonds. The van der Waals surface area contributed by atoms with E-state index in [1.54, 1.807) is 25.5 Å². The van der Waals surface area contributed by atoms with E-state index >= 15 is 0 Å². The van der Waals surface area contributed by atoms with E-state index in [-0.39, 0.29) is 17.2 Å². The maximum Gasteiger partial charge on any atom is 0.416 e. The Morgan fingerprint density at radius 3 is 2.46 bits per heavy atom. The molecule has 28 heavy (non-hydrogen) atoms. The summed E-state index contributed by atoms with van der Waals surface area (Å²) in [6.07, 6.45) is -1.84. The van der Waals surface area contributed by atoms with Gasteiger partial charge < -0.3 is 15.2 Å². The highest BCUT2D eigenvalue weighted by molar-refractivity contribution is 6.00. The minimum absolute atomic E-state index is 0.0654. The molecule has 1 saturated carbocycles. The molecule has 1 aromatic heterocycles. The summed E-state index contributed by atoms with van der Waals surface area (Å²) in [5.41, 5.74) is -1.84. The van der Waals surface area contributed by atoms with Gasteiger partial charge in [-0.2, -0.15) is 13.2 Å². The van der Waals surface area contributed by atoms with Gasteiger partial charge in [-0.3, -0.25) is 9.59 Å². The lowest BCUT2D eigenvalue weighted by molar-refractivity contribution is -0.137. The number of hydrogen-bond donors (Lipinski definition) is 2. The molecular weight excluding hydrogens is 375 g/mol. The standard InChI is InChI=1S/C18H20F3N5O2/c1-10(14-25-22-9-26(14)3)23-15(27)11-6-12(18(19,20)21)8-13(7-11)24-16(28)17(2)4-5-17/h6-10H,4-5H2,1-3H3,(H,23,27)(H,24,28). The van der Waals surface area contributed by atoms with Crippen molar-refractivity contribution >= 4 is 17.5 Å². The molecule has 2 N–H and O–H groups in total. The Kier molecular flexibility index (Phi) is 4.90. The van der Waals surface area contributed by atoms with Crippen LogP contribution in [0.25, 0.3) is 0 Å². The van der Waals surface area contributed by atoms with Crippen molar-refractivity contribution in [3.05, 3.63) is 41.5 Å². The van der Waals surface area contributed by atoms with E-state index in [1.165, 1.54) is 12.4 Å². The van der Waals surface area contributed by atoms with E-state index in [0.29, 0.717) is 18.7 Å². The van der Waals surface area contributed by atoms with E-state index in [2.05, 4.69) is 20.8 Å². The molecule has 1 atom stereocenters. The first-order valence-corrected chi connectivity index (χ1v) is 8.68. The fourth-order valence-corrected chi connectivity index (χ4v) is 2.72. The molecule has 1 aromatic carbocycles. The Morgan fingerprint density at radius 2 is 1.93 bits per heavy atom. The largest absolute Gasteiger partial charge is 0.416 e. The summed E-state index contributed by atoms with van der Waals surface area (Å²) >= 11 is 0. The molecule has 0 saturated heterocycles. The molecule has 0 aliphatic heterocycles. The van der Waals surface area contributed by atoms with E-state index in [9.17, 15) is 22.8 Å². The predicted octanol–water partition coefficient (Wildman–Crippen LogP) is 3.06. The Hall–Kier alpha value is -2.91. The van der Waals surface area contributed by atoms with Crippen molar-refractivity contribution in [1.82, 2.24) is 20.1 Å². The summed E-state index contributed by atoms with van der Waals surface area (Å²) in [4.78, 5) is 24.7. The number of aryl methyl sites for hydroxylation is 1. The van der Waals surface area contributed by atoms with Crippen molar-refractivity contribution < 1.29 is 22.8 Å². The smallest absolute Gasteiger partial charge is 0.342 e. The van der Waals surface area contributed by atoms with Crippen LogP contribution in [0.3, 0.4) is 0 Å². The second-order valence-electron chi connectivity index (χ2n) is 7.31. The van der Waals surface area contributed by atoms with Crippen LogP contribution in [0.15, 0.2) is 24.5 Å². The minimum Gasteiger partial charge on any atom is -0.342 e. The maximum absolute atomic E-state index is 13.3. The molecule has 0 bridgehead atoms. The Labute approximate surface area is 159 Å². The van der Waals surface area contributed by atoms with Gasteiger partial charge in [0.25, 0.3) is 5.91 Å². The van der Waals surface area contributed by atoms with Gasteiger partial charge in [0.2, 0.25) is 5.91 Å². The van der Waals surface area contributed by atoms with Gasteiger partial charge in [0, 0.05) is 23.7 Å². The number of nitrogens with zero attached hydrogens (tertiary/aromatic N) is 3. The molecule has 150 valence electrons. The van der Waals surface area contributed by atoms with Crippen molar-refractivity contribution in [2.75, 3.05) is 5.32 Å². The number of carbonyl (C=O) groups excluding carboxylic acids is 2. The van der Waals surface area contributed by atoms with Crippen LogP contribution in [0.1, 0.15) is 54.5 Å².